The minimum absolute atomic E-state index is 0.375. The van der Waals surface area contributed by atoms with Crippen molar-refractivity contribution in [3.8, 4) is 0 Å². The summed E-state index contributed by atoms with van der Waals surface area (Å²) in [7, 11) is 1.76. The molecular weight excluding hydrogens is 178 g/mol. The van der Waals surface area contributed by atoms with Crippen LogP contribution in [-0.4, -0.2) is 39.0 Å². The Hall–Kier alpha value is -0.120. The first-order valence-electron chi connectivity index (χ1n) is 5.63. The van der Waals surface area contributed by atoms with E-state index in [1.807, 2.05) is 0 Å². The summed E-state index contributed by atoms with van der Waals surface area (Å²) in [6.45, 7) is 7.11. The van der Waals surface area contributed by atoms with Crippen LogP contribution in [0.2, 0.25) is 0 Å². The molecule has 0 saturated carbocycles. The molecule has 1 fully saturated rings. The quantitative estimate of drug-likeness (QED) is 0.705. The predicted molar refractivity (Wildman–Crippen MR) is 57.5 cm³/mol. The second-order valence-electron chi connectivity index (χ2n) is 4.04. The van der Waals surface area contributed by atoms with Gasteiger partial charge in [0.25, 0.3) is 0 Å². The smallest absolute Gasteiger partial charge is 0.0619 e. The third-order valence-corrected chi connectivity index (χ3v) is 2.95. The third kappa shape index (κ3) is 3.23. The van der Waals surface area contributed by atoms with Gasteiger partial charge in [-0.15, -0.1) is 0 Å². The molecule has 3 heteroatoms. The summed E-state index contributed by atoms with van der Waals surface area (Å²) in [4.78, 5) is 0. The van der Waals surface area contributed by atoms with E-state index in [1.165, 1.54) is 6.42 Å². The summed E-state index contributed by atoms with van der Waals surface area (Å²) in [6.07, 6.45) is 2.70. The Labute approximate surface area is 87.2 Å². The van der Waals surface area contributed by atoms with Gasteiger partial charge >= 0.3 is 0 Å². The molecule has 0 aromatic heterocycles. The molecule has 1 heterocycles. The molecule has 84 valence electrons. The number of hydrogen-bond donors (Lipinski definition) is 1. The van der Waals surface area contributed by atoms with Crippen molar-refractivity contribution in [1.29, 1.82) is 0 Å². The van der Waals surface area contributed by atoms with Crippen LogP contribution in [-0.2, 0) is 9.47 Å². The second-order valence-corrected chi connectivity index (χ2v) is 4.04. The van der Waals surface area contributed by atoms with Crippen LogP contribution in [0.4, 0.5) is 0 Å². The first kappa shape index (κ1) is 12.0. The normalized spacial score (nSPS) is 29.4. The molecule has 1 aliphatic rings. The maximum absolute atomic E-state index is 5.58. The van der Waals surface area contributed by atoms with Crippen LogP contribution in [0, 0.1) is 5.92 Å². The third-order valence-electron chi connectivity index (χ3n) is 2.95. The van der Waals surface area contributed by atoms with Crippen LogP contribution in [0.5, 0.6) is 0 Å². The second kappa shape index (κ2) is 6.38. The average molecular weight is 201 g/mol. The first-order valence-corrected chi connectivity index (χ1v) is 5.63. The molecule has 1 aliphatic heterocycles. The van der Waals surface area contributed by atoms with E-state index in [4.69, 9.17) is 9.47 Å². The summed E-state index contributed by atoms with van der Waals surface area (Å²) in [5.41, 5.74) is 0. The zero-order valence-corrected chi connectivity index (χ0v) is 9.58. The van der Waals surface area contributed by atoms with Crippen LogP contribution in [0.25, 0.3) is 0 Å². The van der Waals surface area contributed by atoms with Gasteiger partial charge in [-0.05, 0) is 26.3 Å². The molecule has 0 aromatic carbocycles. The summed E-state index contributed by atoms with van der Waals surface area (Å²) in [6, 6.07) is 0.456. The standard InChI is InChI=1S/C11H23NO2/c1-4-6-12-11(8-13-3)10-5-7-14-9(10)2/h9-12H,4-8H2,1-3H3. The van der Waals surface area contributed by atoms with Crippen LogP contribution in [0.1, 0.15) is 26.7 Å². The minimum atomic E-state index is 0.375. The predicted octanol–water partition coefficient (Wildman–Crippen LogP) is 1.43. The largest absolute Gasteiger partial charge is 0.383 e. The van der Waals surface area contributed by atoms with Crippen molar-refractivity contribution in [3.05, 3.63) is 0 Å². The van der Waals surface area contributed by atoms with E-state index >= 15 is 0 Å². The Morgan fingerprint density at radius 1 is 1.57 bits per heavy atom. The van der Waals surface area contributed by atoms with E-state index in [0.717, 1.165) is 26.2 Å². The molecular formula is C11H23NO2. The molecule has 1 saturated heterocycles. The van der Waals surface area contributed by atoms with E-state index in [2.05, 4.69) is 19.2 Å². The first-order chi connectivity index (χ1) is 6.79. The van der Waals surface area contributed by atoms with Crippen LogP contribution in [0.15, 0.2) is 0 Å². The highest BCUT2D eigenvalue weighted by Crippen LogP contribution is 2.24. The lowest BCUT2D eigenvalue weighted by atomic mass is 9.94. The molecule has 0 spiro atoms. The maximum atomic E-state index is 5.58. The summed E-state index contributed by atoms with van der Waals surface area (Å²) in [5.74, 6) is 0.612. The highest BCUT2D eigenvalue weighted by atomic mass is 16.5. The Bertz CT molecular complexity index is 152. The van der Waals surface area contributed by atoms with E-state index in [1.54, 1.807) is 7.11 Å². The van der Waals surface area contributed by atoms with Crippen molar-refractivity contribution >= 4 is 0 Å². The van der Waals surface area contributed by atoms with Crippen LogP contribution >= 0.6 is 0 Å². The average Bonchev–Trinajstić information content (AvgIpc) is 2.59. The highest BCUT2D eigenvalue weighted by Gasteiger charge is 2.31. The van der Waals surface area contributed by atoms with Gasteiger partial charge in [0.2, 0.25) is 0 Å². The van der Waals surface area contributed by atoms with Crippen molar-refractivity contribution in [3.63, 3.8) is 0 Å². The van der Waals surface area contributed by atoms with Gasteiger partial charge in [0, 0.05) is 25.7 Å². The van der Waals surface area contributed by atoms with Gasteiger partial charge in [-0.2, -0.15) is 0 Å². The van der Waals surface area contributed by atoms with Gasteiger partial charge in [-0.3, -0.25) is 0 Å². The Balaban J connectivity index is 2.39. The fraction of sp³-hybridized carbons (Fsp3) is 1.00. The molecule has 0 radical (unpaired) electrons. The van der Waals surface area contributed by atoms with E-state index in [-0.39, 0.29) is 0 Å². The highest BCUT2D eigenvalue weighted by molar-refractivity contribution is 4.84. The number of ether oxygens (including phenoxy) is 2. The van der Waals surface area contributed by atoms with Crippen molar-refractivity contribution in [2.24, 2.45) is 5.92 Å². The number of nitrogens with one attached hydrogen (secondary N) is 1. The Kier molecular flexibility index (Phi) is 5.45. The van der Waals surface area contributed by atoms with Crippen LogP contribution < -0.4 is 5.32 Å². The molecule has 0 amide bonds. The fourth-order valence-electron chi connectivity index (χ4n) is 2.12. The molecule has 3 atom stereocenters. The summed E-state index contributed by atoms with van der Waals surface area (Å²) in [5, 5.41) is 3.54. The molecule has 0 aliphatic carbocycles. The number of rotatable bonds is 6. The minimum Gasteiger partial charge on any atom is -0.383 e. The Morgan fingerprint density at radius 2 is 2.36 bits per heavy atom. The SMILES string of the molecule is CCCNC(COC)C1CCOC1C. The fourth-order valence-corrected chi connectivity index (χ4v) is 2.12. The lowest BCUT2D eigenvalue weighted by molar-refractivity contribution is 0.0746. The van der Waals surface area contributed by atoms with Gasteiger partial charge in [0.05, 0.1) is 12.7 Å². The van der Waals surface area contributed by atoms with Gasteiger partial charge in [0.1, 0.15) is 0 Å². The Morgan fingerprint density at radius 3 is 2.86 bits per heavy atom. The molecule has 1 rings (SSSR count). The molecule has 1 N–H and O–H groups in total. The lowest BCUT2D eigenvalue weighted by Gasteiger charge is -2.26. The lowest BCUT2D eigenvalue weighted by Crippen LogP contribution is -2.42. The molecule has 0 bridgehead atoms. The number of methoxy groups -OCH3 is 1. The maximum Gasteiger partial charge on any atom is 0.0619 e. The topological polar surface area (TPSA) is 30.5 Å². The number of hydrogen-bond acceptors (Lipinski definition) is 3. The summed E-state index contributed by atoms with van der Waals surface area (Å²) < 4.78 is 10.8. The molecule has 3 nitrogen and oxygen atoms in total. The zero-order chi connectivity index (χ0) is 10.4. The van der Waals surface area contributed by atoms with E-state index < -0.39 is 0 Å². The summed E-state index contributed by atoms with van der Waals surface area (Å²) >= 11 is 0. The zero-order valence-electron chi connectivity index (χ0n) is 9.58. The van der Waals surface area contributed by atoms with Gasteiger partial charge in [-0.1, -0.05) is 6.92 Å². The van der Waals surface area contributed by atoms with Crippen LogP contribution in [0.3, 0.4) is 0 Å². The van der Waals surface area contributed by atoms with Crippen molar-refractivity contribution in [1.82, 2.24) is 5.32 Å². The van der Waals surface area contributed by atoms with E-state index in [0.29, 0.717) is 18.1 Å². The van der Waals surface area contributed by atoms with Gasteiger partial charge in [0.15, 0.2) is 0 Å². The molecule has 3 unspecified atom stereocenters. The van der Waals surface area contributed by atoms with Crippen molar-refractivity contribution in [2.75, 3.05) is 26.9 Å². The van der Waals surface area contributed by atoms with E-state index in [9.17, 15) is 0 Å². The molecule has 14 heavy (non-hydrogen) atoms. The van der Waals surface area contributed by atoms with Crippen molar-refractivity contribution < 1.29 is 9.47 Å². The van der Waals surface area contributed by atoms with Gasteiger partial charge in [-0.25, -0.2) is 0 Å². The monoisotopic (exact) mass is 201 g/mol. The van der Waals surface area contributed by atoms with Gasteiger partial charge < -0.3 is 14.8 Å². The molecule has 0 aromatic rings. The van der Waals surface area contributed by atoms with Crippen molar-refractivity contribution in [2.45, 2.75) is 38.8 Å².